The lowest BCUT2D eigenvalue weighted by Gasteiger charge is -2.33. The number of hydrogen-bond acceptors (Lipinski definition) is 7. The number of nitrogens with zero attached hydrogens (tertiary/aromatic N) is 3. The van der Waals surface area contributed by atoms with Gasteiger partial charge in [0.1, 0.15) is 5.82 Å². The smallest absolute Gasteiger partial charge is 0.263 e. The number of ether oxygens (including phenoxy) is 2. The van der Waals surface area contributed by atoms with Gasteiger partial charge in [-0.2, -0.15) is 0 Å². The summed E-state index contributed by atoms with van der Waals surface area (Å²) in [4.78, 5) is 22.5. The lowest BCUT2D eigenvalue weighted by atomic mass is 10.2. The number of nitrogens with one attached hydrogen (secondary N) is 2. The summed E-state index contributed by atoms with van der Waals surface area (Å²) >= 11 is 0. The molecule has 0 aliphatic carbocycles. The molecule has 0 spiro atoms. The summed E-state index contributed by atoms with van der Waals surface area (Å²) in [7, 11) is 0. The highest BCUT2D eigenvalue weighted by Crippen LogP contribution is 2.32. The van der Waals surface area contributed by atoms with Crippen LogP contribution in [0.1, 0.15) is 11.4 Å². The number of benzene rings is 1. The van der Waals surface area contributed by atoms with Crippen LogP contribution in [-0.4, -0.2) is 70.7 Å². The number of hydrogen-bond donors (Lipinski definition) is 2. The second-order valence-corrected chi connectivity index (χ2v) is 6.73. The molecule has 2 aliphatic heterocycles. The Labute approximate surface area is 193 Å². The summed E-state index contributed by atoms with van der Waals surface area (Å²) in [6.07, 6.45) is 0.0477. The Balaban J connectivity index is 0.00000225. The first-order chi connectivity index (χ1) is 13.2. The number of aryl methyl sites for hydroxylation is 1. The number of amides is 1. The summed E-state index contributed by atoms with van der Waals surface area (Å²) in [6.45, 7) is 5.73. The van der Waals surface area contributed by atoms with Gasteiger partial charge in [-0.1, -0.05) is 30.3 Å². The van der Waals surface area contributed by atoms with Crippen LogP contribution in [0.2, 0.25) is 0 Å². The minimum Gasteiger partial charge on any atom is -0.476 e. The molecule has 1 saturated heterocycles. The number of fused-ring (bicyclic) bond motifs is 1. The zero-order chi connectivity index (χ0) is 18.6. The van der Waals surface area contributed by atoms with E-state index in [1.54, 1.807) is 6.92 Å². The van der Waals surface area contributed by atoms with Crippen LogP contribution in [0.5, 0.6) is 5.75 Å². The van der Waals surface area contributed by atoms with E-state index in [-0.39, 0.29) is 54.4 Å². The summed E-state index contributed by atoms with van der Waals surface area (Å²) in [5.74, 6) is 1.84. The lowest BCUT2D eigenvalue weighted by Crippen LogP contribution is -2.44. The third-order valence-corrected chi connectivity index (χ3v) is 4.55. The Kier molecular flexibility index (Phi) is 12.3. The molecule has 1 amide bonds. The average Bonchev–Trinajstić information content (AvgIpc) is 2.67. The maximum Gasteiger partial charge on any atom is 0.263 e. The van der Waals surface area contributed by atoms with Crippen molar-refractivity contribution >= 4 is 42.4 Å². The molecule has 3 heterocycles. The van der Waals surface area contributed by atoms with Crippen molar-refractivity contribution < 1.29 is 25.2 Å². The van der Waals surface area contributed by atoms with Crippen molar-refractivity contribution in [1.82, 2.24) is 14.9 Å². The van der Waals surface area contributed by atoms with E-state index >= 15 is 0 Å². The van der Waals surface area contributed by atoms with Crippen LogP contribution in [0, 0.1) is 6.92 Å². The molecule has 4 rings (SSSR count). The van der Waals surface area contributed by atoms with E-state index in [9.17, 15) is 4.79 Å². The van der Waals surface area contributed by atoms with Gasteiger partial charge in [-0.3, -0.25) is 9.69 Å². The molecule has 0 bridgehead atoms. The van der Waals surface area contributed by atoms with Crippen LogP contribution in [0.15, 0.2) is 30.3 Å². The van der Waals surface area contributed by atoms with Crippen molar-refractivity contribution in [2.24, 2.45) is 0 Å². The van der Waals surface area contributed by atoms with Crippen molar-refractivity contribution in [1.29, 1.82) is 0 Å². The van der Waals surface area contributed by atoms with Gasteiger partial charge in [0.05, 0.1) is 12.7 Å². The van der Waals surface area contributed by atoms with Gasteiger partial charge >= 0.3 is 0 Å². The van der Waals surface area contributed by atoms with E-state index in [1.807, 2.05) is 6.07 Å². The maximum absolute atomic E-state index is 11.5. The number of aromatic nitrogens is 2. The van der Waals surface area contributed by atoms with Crippen LogP contribution >= 0.6 is 24.8 Å². The fourth-order valence-electron chi connectivity index (χ4n) is 3.31. The van der Waals surface area contributed by atoms with Gasteiger partial charge in [-0.15, -0.1) is 24.8 Å². The second kappa shape index (κ2) is 13.3. The molecule has 1 aromatic carbocycles. The predicted octanol–water partition coefficient (Wildman–Crippen LogP) is 0.623. The number of rotatable bonds is 5. The molecule has 31 heavy (non-hydrogen) atoms. The molecule has 6 N–H and O–H groups in total. The third kappa shape index (κ3) is 7.46. The van der Waals surface area contributed by atoms with Crippen molar-refractivity contribution in [3.63, 3.8) is 0 Å². The standard InChI is InChI=1S/C19H23N5O3.2ClH.2H2O/c1-13-21-18(17-19(22-13)23-16(25)12-27-17)20-9-15-11-24(7-8-26-15)10-14-5-3-2-4-6-14;;;;/h2-6,15H,7-12H2,1H3,(H2,20,21,22,23,25);2*1H;2*1H2. The Morgan fingerprint density at radius 3 is 2.68 bits per heavy atom. The topological polar surface area (TPSA) is 152 Å². The Morgan fingerprint density at radius 2 is 1.94 bits per heavy atom. The summed E-state index contributed by atoms with van der Waals surface area (Å²) in [5, 5.41) is 6.02. The highest BCUT2D eigenvalue weighted by Gasteiger charge is 2.25. The number of morpholine rings is 1. The largest absolute Gasteiger partial charge is 0.476 e. The zero-order valence-electron chi connectivity index (χ0n) is 17.1. The number of carbonyl (C=O) groups is 1. The third-order valence-electron chi connectivity index (χ3n) is 4.55. The van der Waals surface area contributed by atoms with Crippen molar-refractivity contribution in [3.05, 3.63) is 41.7 Å². The zero-order valence-corrected chi connectivity index (χ0v) is 18.7. The maximum atomic E-state index is 11.5. The molecule has 10 nitrogen and oxygen atoms in total. The molecule has 1 fully saturated rings. The van der Waals surface area contributed by atoms with Gasteiger partial charge in [-0.25, -0.2) is 9.97 Å². The number of anilines is 2. The molecule has 1 aromatic heterocycles. The van der Waals surface area contributed by atoms with Gasteiger partial charge in [0.2, 0.25) is 5.75 Å². The molecular weight excluding hydrogens is 449 g/mol. The molecule has 1 unspecified atom stereocenters. The quantitative estimate of drug-likeness (QED) is 0.639. The van der Waals surface area contributed by atoms with Gasteiger partial charge in [-0.05, 0) is 12.5 Å². The van der Waals surface area contributed by atoms with Crippen molar-refractivity contribution in [2.45, 2.75) is 19.6 Å². The van der Waals surface area contributed by atoms with Gasteiger partial charge < -0.3 is 31.1 Å². The van der Waals surface area contributed by atoms with E-state index in [0.29, 0.717) is 36.4 Å². The molecule has 0 saturated carbocycles. The summed E-state index contributed by atoms with van der Waals surface area (Å²) < 4.78 is 11.4. The lowest BCUT2D eigenvalue weighted by molar-refractivity contribution is -0.118. The molecule has 12 heteroatoms. The molecular formula is C19H29Cl2N5O5. The first kappa shape index (κ1) is 28.8. The van der Waals surface area contributed by atoms with Crippen LogP contribution in [0.4, 0.5) is 11.6 Å². The minimum atomic E-state index is -0.210. The average molecular weight is 478 g/mol. The SMILES string of the molecule is Cc1nc(NCC2CN(Cc3ccccc3)CCO2)c2c(n1)NC(=O)CO2.Cl.Cl.O.O. The molecule has 174 valence electrons. The van der Waals surface area contributed by atoms with E-state index in [1.165, 1.54) is 5.56 Å². The Morgan fingerprint density at radius 1 is 1.19 bits per heavy atom. The van der Waals surface area contributed by atoms with Gasteiger partial charge in [0.15, 0.2) is 18.2 Å². The van der Waals surface area contributed by atoms with Crippen molar-refractivity contribution in [3.8, 4) is 5.75 Å². The van der Waals surface area contributed by atoms with Gasteiger partial charge in [0, 0.05) is 26.2 Å². The van der Waals surface area contributed by atoms with Crippen LogP contribution in [-0.2, 0) is 16.1 Å². The molecule has 2 aromatic rings. The van der Waals surface area contributed by atoms with Crippen LogP contribution in [0.3, 0.4) is 0 Å². The van der Waals surface area contributed by atoms with Crippen molar-refractivity contribution in [2.75, 3.05) is 43.5 Å². The second-order valence-electron chi connectivity index (χ2n) is 6.73. The highest BCUT2D eigenvalue weighted by molar-refractivity contribution is 5.95. The van der Waals surface area contributed by atoms with E-state index in [2.05, 4.69) is 49.8 Å². The fourth-order valence-corrected chi connectivity index (χ4v) is 3.31. The van der Waals surface area contributed by atoms with E-state index < -0.39 is 0 Å². The Hall–Kier alpha value is -2.21. The summed E-state index contributed by atoms with van der Waals surface area (Å²) in [6, 6.07) is 10.4. The normalized spacial score (nSPS) is 17.2. The van der Waals surface area contributed by atoms with E-state index in [4.69, 9.17) is 9.47 Å². The Bertz CT molecular complexity index is 831. The molecule has 2 aliphatic rings. The van der Waals surface area contributed by atoms with Crippen LogP contribution < -0.4 is 15.4 Å². The minimum absolute atomic E-state index is 0. The molecule has 0 radical (unpaired) electrons. The molecule has 1 atom stereocenters. The highest BCUT2D eigenvalue weighted by atomic mass is 35.5. The predicted molar refractivity (Wildman–Crippen MR) is 123 cm³/mol. The monoisotopic (exact) mass is 477 g/mol. The number of carbonyl (C=O) groups excluding carboxylic acids is 1. The number of halogens is 2. The first-order valence-electron chi connectivity index (χ1n) is 9.10. The first-order valence-corrected chi connectivity index (χ1v) is 9.10. The summed E-state index contributed by atoms with van der Waals surface area (Å²) in [5.41, 5.74) is 1.30. The van der Waals surface area contributed by atoms with E-state index in [0.717, 1.165) is 19.6 Å². The fraction of sp³-hybridized carbons (Fsp3) is 0.421. The van der Waals surface area contributed by atoms with Gasteiger partial charge in [0.25, 0.3) is 5.91 Å². The van der Waals surface area contributed by atoms with Crippen LogP contribution in [0.25, 0.3) is 0 Å².